The molecule has 0 saturated carbocycles. The van der Waals surface area contributed by atoms with E-state index in [2.05, 4.69) is 5.32 Å². The summed E-state index contributed by atoms with van der Waals surface area (Å²) < 4.78 is 45.0. The van der Waals surface area contributed by atoms with Gasteiger partial charge in [0.25, 0.3) is 17.7 Å². The second-order valence-corrected chi connectivity index (χ2v) is 7.18. The number of ether oxygens (including phenoxy) is 1. The lowest BCUT2D eigenvalue weighted by atomic mass is 10.1. The van der Waals surface area contributed by atoms with Crippen molar-refractivity contribution in [3.05, 3.63) is 59.2 Å². The number of piperazine rings is 1. The van der Waals surface area contributed by atoms with Crippen LogP contribution in [0.3, 0.4) is 0 Å². The quantitative estimate of drug-likeness (QED) is 0.790. The summed E-state index contributed by atoms with van der Waals surface area (Å²) in [5, 5.41) is 2.64. The molecule has 0 aliphatic carbocycles. The van der Waals surface area contributed by atoms with Crippen molar-refractivity contribution in [1.82, 2.24) is 9.80 Å². The van der Waals surface area contributed by atoms with Crippen LogP contribution >= 0.6 is 0 Å². The molecule has 162 valence electrons. The molecule has 1 saturated heterocycles. The van der Waals surface area contributed by atoms with Crippen molar-refractivity contribution in [3.63, 3.8) is 0 Å². The highest BCUT2D eigenvalue weighted by Gasteiger charge is 2.36. The van der Waals surface area contributed by atoms with Crippen molar-refractivity contribution in [3.8, 4) is 5.75 Å². The van der Waals surface area contributed by atoms with Gasteiger partial charge in [0.1, 0.15) is 5.75 Å². The van der Waals surface area contributed by atoms with E-state index in [1.165, 1.54) is 28.0 Å². The summed E-state index contributed by atoms with van der Waals surface area (Å²) in [5.41, 5.74) is -0.535. The molecule has 0 spiro atoms. The summed E-state index contributed by atoms with van der Waals surface area (Å²) in [6.45, 7) is 0.480. The fraction of sp³-hybridized carbons (Fsp3) is 0.286. The Hall–Kier alpha value is -3.56. The Kier molecular flexibility index (Phi) is 5.30. The fourth-order valence-electron chi connectivity index (χ4n) is 3.59. The number of anilines is 1. The third kappa shape index (κ3) is 4.18. The molecule has 2 aliphatic heterocycles. The molecule has 31 heavy (non-hydrogen) atoms. The number of amides is 3. The molecular weight excluding hydrogens is 415 g/mol. The SMILES string of the molecule is O=C1COc2cc(C(=O)N3CCN(C(=O)c4ccccc4C(F)(F)F)CC3)ccc2N1. The third-order valence-electron chi connectivity index (χ3n) is 5.18. The smallest absolute Gasteiger partial charge is 0.417 e. The van der Waals surface area contributed by atoms with Gasteiger partial charge < -0.3 is 19.9 Å². The summed E-state index contributed by atoms with van der Waals surface area (Å²) >= 11 is 0. The average molecular weight is 433 g/mol. The number of benzene rings is 2. The molecule has 2 aromatic rings. The summed E-state index contributed by atoms with van der Waals surface area (Å²) in [5.74, 6) is -0.883. The van der Waals surface area contributed by atoms with E-state index in [-0.39, 0.29) is 44.6 Å². The van der Waals surface area contributed by atoms with Crippen LogP contribution in [0.4, 0.5) is 18.9 Å². The summed E-state index contributed by atoms with van der Waals surface area (Å²) in [4.78, 5) is 39.7. The van der Waals surface area contributed by atoms with Gasteiger partial charge in [-0.05, 0) is 30.3 Å². The Bertz CT molecular complexity index is 1050. The molecule has 0 bridgehead atoms. The zero-order valence-electron chi connectivity index (χ0n) is 16.2. The minimum Gasteiger partial charge on any atom is -0.482 e. The van der Waals surface area contributed by atoms with Crippen LogP contribution in [0.1, 0.15) is 26.3 Å². The number of halogens is 3. The van der Waals surface area contributed by atoms with E-state index in [9.17, 15) is 27.6 Å². The lowest BCUT2D eigenvalue weighted by Crippen LogP contribution is -2.50. The molecule has 1 N–H and O–H groups in total. The largest absolute Gasteiger partial charge is 0.482 e. The molecule has 10 heteroatoms. The van der Waals surface area contributed by atoms with Gasteiger partial charge in [0.2, 0.25) is 0 Å². The van der Waals surface area contributed by atoms with Crippen molar-refractivity contribution >= 4 is 23.4 Å². The second-order valence-electron chi connectivity index (χ2n) is 7.18. The number of fused-ring (bicyclic) bond motifs is 1. The first-order valence-corrected chi connectivity index (χ1v) is 9.55. The highest BCUT2D eigenvalue weighted by Crippen LogP contribution is 2.33. The predicted molar refractivity (Wildman–Crippen MR) is 104 cm³/mol. The lowest BCUT2D eigenvalue weighted by molar-refractivity contribution is -0.138. The van der Waals surface area contributed by atoms with Crippen LogP contribution in [0, 0.1) is 0 Å². The Labute approximate surface area is 175 Å². The van der Waals surface area contributed by atoms with Gasteiger partial charge in [0.05, 0.1) is 16.8 Å². The number of hydrogen-bond donors (Lipinski definition) is 1. The van der Waals surface area contributed by atoms with Gasteiger partial charge in [-0.3, -0.25) is 14.4 Å². The summed E-state index contributed by atoms with van der Waals surface area (Å²) in [6.07, 6.45) is -4.63. The van der Waals surface area contributed by atoms with Crippen molar-refractivity contribution in [1.29, 1.82) is 0 Å². The van der Waals surface area contributed by atoms with Gasteiger partial charge in [-0.1, -0.05) is 12.1 Å². The second kappa shape index (κ2) is 7.93. The fourth-order valence-corrected chi connectivity index (χ4v) is 3.59. The molecule has 3 amide bonds. The third-order valence-corrected chi connectivity index (χ3v) is 5.18. The molecule has 2 heterocycles. The predicted octanol–water partition coefficient (Wildman–Crippen LogP) is 2.63. The number of carbonyl (C=O) groups is 3. The van der Waals surface area contributed by atoms with E-state index >= 15 is 0 Å². The first-order valence-electron chi connectivity index (χ1n) is 9.55. The molecular formula is C21H18F3N3O4. The number of rotatable bonds is 2. The van der Waals surface area contributed by atoms with Gasteiger partial charge in [-0.2, -0.15) is 13.2 Å². The van der Waals surface area contributed by atoms with E-state index in [1.54, 1.807) is 12.1 Å². The van der Waals surface area contributed by atoms with Crippen LogP contribution in [0.5, 0.6) is 5.75 Å². The van der Waals surface area contributed by atoms with Gasteiger partial charge >= 0.3 is 6.18 Å². The minimum absolute atomic E-state index is 0.119. The topological polar surface area (TPSA) is 79.0 Å². The molecule has 0 atom stereocenters. The molecule has 2 aromatic carbocycles. The Morgan fingerprint density at radius 3 is 2.26 bits per heavy atom. The average Bonchev–Trinajstić information content (AvgIpc) is 2.77. The standard InChI is InChI=1S/C21H18F3N3O4/c22-21(23,24)15-4-2-1-3-14(15)20(30)27-9-7-26(8-10-27)19(29)13-5-6-16-17(11-13)31-12-18(28)25-16/h1-6,11H,7-10,12H2,(H,25,28). The van der Waals surface area contributed by atoms with Gasteiger partial charge in [0.15, 0.2) is 6.61 Å². The van der Waals surface area contributed by atoms with Crippen molar-refractivity contribution in [2.75, 3.05) is 38.1 Å². The Morgan fingerprint density at radius 1 is 0.935 bits per heavy atom. The number of nitrogens with one attached hydrogen (secondary N) is 1. The van der Waals surface area contributed by atoms with Crippen LogP contribution < -0.4 is 10.1 Å². The maximum absolute atomic E-state index is 13.2. The normalized spacial score (nSPS) is 16.3. The van der Waals surface area contributed by atoms with Crippen molar-refractivity contribution in [2.24, 2.45) is 0 Å². The molecule has 1 fully saturated rings. The monoisotopic (exact) mass is 433 g/mol. The van der Waals surface area contributed by atoms with E-state index in [0.29, 0.717) is 17.0 Å². The zero-order valence-corrected chi connectivity index (χ0v) is 16.2. The Balaban J connectivity index is 1.43. The van der Waals surface area contributed by atoms with Gasteiger partial charge in [-0.25, -0.2) is 0 Å². The van der Waals surface area contributed by atoms with Crippen LogP contribution in [0.15, 0.2) is 42.5 Å². The van der Waals surface area contributed by atoms with Crippen molar-refractivity contribution < 1.29 is 32.3 Å². The molecule has 7 nitrogen and oxygen atoms in total. The van der Waals surface area contributed by atoms with Crippen LogP contribution in [0.2, 0.25) is 0 Å². The van der Waals surface area contributed by atoms with Crippen molar-refractivity contribution in [2.45, 2.75) is 6.18 Å². The molecule has 4 rings (SSSR count). The molecule has 0 unspecified atom stereocenters. The molecule has 0 radical (unpaired) electrons. The van der Waals surface area contributed by atoms with E-state index < -0.39 is 23.2 Å². The van der Waals surface area contributed by atoms with Gasteiger partial charge in [-0.15, -0.1) is 0 Å². The maximum Gasteiger partial charge on any atom is 0.417 e. The van der Waals surface area contributed by atoms with E-state index in [0.717, 1.165) is 12.1 Å². The number of nitrogens with zero attached hydrogens (tertiary/aromatic N) is 2. The zero-order chi connectivity index (χ0) is 22.2. The summed E-state index contributed by atoms with van der Waals surface area (Å²) in [7, 11) is 0. The molecule has 2 aliphatic rings. The number of hydrogen-bond acceptors (Lipinski definition) is 4. The summed E-state index contributed by atoms with van der Waals surface area (Å²) in [6, 6.07) is 9.35. The highest BCUT2D eigenvalue weighted by molar-refractivity contribution is 5.99. The lowest BCUT2D eigenvalue weighted by Gasteiger charge is -2.35. The first kappa shape index (κ1) is 20.7. The van der Waals surface area contributed by atoms with E-state index in [4.69, 9.17) is 4.74 Å². The molecule has 0 aromatic heterocycles. The first-order chi connectivity index (χ1) is 14.7. The van der Waals surface area contributed by atoms with Crippen LogP contribution in [-0.2, 0) is 11.0 Å². The number of alkyl halides is 3. The van der Waals surface area contributed by atoms with E-state index in [1.807, 2.05) is 0 Å². The van der Waals surface area contributed by atoms with Crippen LogP contribution in [-0.4, -0.2) is 60.3 Å². The minimum atomic E-state index is -4.63. The van der Waals surface area contributed by atoms with Gasteiger partial charge in [0, 0.05) is 31.7 Å². The van der Waals surface area contributed by atoms with Crippen LogP contribution in [0.25, 0.3) is 0 Å². The Morgan fingerprint density at radius 2 is 1.58 bits per heavy atom. The maximum atomic E-state index is 13.2. The highest BCUT2D eigenvalue weighted by atomic mass is 19.4. The number of carbonyl (C=O) groups excluding carboxylic acids is 3.